The third-order valence-corrected chi connectivity index (χ3v) is 2.26. The smallest absolute Gasteiger partial charge is 0.277 e. The van der Waals surface area contributed by atoms with E-state index in [-0.39, 0.29) is 23.2 Å². The molecule has 0 unspecified atom stereocenters. The highest BCUT2D eigenvalue weighted by Gasteiger charge is 2.10. The van der Waals surface area contributed by atoms with Crippen molar-refractivity contribution < 1.29 is 4.79 Å². The molecule has 0 radical (unpaired) electrons. The molecule has 0 saturated heterocycles. The number of aryl methyl sites for hydroxylation is 1. The molecule has 0 aliphatic rings. The maximum atomic E-state index is 11.8. The van der Waals surface area contributed by atoms with Gasteiger partial charge in [0.25, 0.3) is 11.3 Å². The number of carbonyl (C=O) groups is 1. The summed E-state index contributed by atoms with van der Waals surface area (Å²) in [4.78, 5) is 30.7. The first-order valence-electron chi connectivity index (χ1n) is 4.72. The highest BCUT2D eigenvalue weighted by Crippen LogP contribution is 2.03. The van der Waals surface area contributed by atoms with Gasteiger partial charge >= 0.3 is 0 Å². The Morgan fingerprint density at radius 3 is 2.69 bits per heavy atom. The van der Waals surface area contributed by atoms with Gasteiger partial charge in [-0.15, -0.1) is 0 Å². The number of nitrogens with one attached hydrogen (secondary N) is 2. The number of rotatable bonds is 1. The van der Waals surface area contributed by atoms with Gasteiger partial charge in [-0.05, 0) is 13.8 Å². The predicted octanol–water partition coefficient (Wildman–Crippen LogP) is -0.00716. The van der Waals surface area contributed by atoms with Crippen molar-refractivity contribution in [3.8, 4) is 0 Å². The Hall–Kier alpha value is -2.18. The van der Waals surface area contributed by atoms with Gasteiger partial charge in [0.05, 0.1) is 0 Å². The molecule has 0 saturated carbocycles. The zero-order valence-electron chi connectivity index (χ0n) is 9.16. The van der Waals surface area contributed by atoms with Crippen LogP contribution in [0.5, 0.6) is 0 Å². The largest absolute Gasteiger partial charge is 0.295 e. The number of aromatic amines is 1. The van der Waals surface area contributed by atoms with Crippen LogP contribution in [-0.2, 0) is 4.79 Å². The first-order valence-corrected chi connectivity index (χ1v) is 4.72. The lowest BCUT2D eigenvalue weighted by atomic mass is 10.3. The molecule has 0 atom stereocenters. The van der Waals surface area contributed by atoms with Crippen molar-refractivity contribution >= 4 is 17.6 Å². The van der Waals surface area contributed by atoms with E-state index in [9.17, 15) is 9.59 Å². The molecule has 2 aromatic rings. The quantitative estimate of drug-likeness (QED) is 0.708. The zero-order valence-corrected chi connectivity index (χ0v) is 9.16. The lowest BCUT2D eigenvalue weighted by Gasteiger charge is -1.97. The minimum atomic E-state index is -0.263. The Bertz CT molecular complexity index is 625. The first kappa shape index (κ1) is 10.3. The Morgan fingerprint density at radius 1 is 1.38 bits per heavy atom. The summed E-state index contributed by atoms with van der Waals surface area (Å²) in [6, 6.07) is 0. The number of hydrogen-bond donors (Lipinski definition) is 2. The molecule has 2 rings (SSSR count). The highest BCUT2D eigenvalue weighted by atomic mass is 16.1. The molecular formula is C9H11N5O2. The molecule has 0 aliphatic heterocycles. The molecule has 2 heterocycles. The molecule has 2 N–H and O–H groups in total. The summed E-state index contributed by atoms with van der Waals surface area (Å²) >= 11 is 0. The molecule has 1 amide bonds. The van der Waals surface area contributed by atoms with Gasteiger partial charge in [0.15, 0.2) is 0 Å². The van der Waals surface area contributed by atoms with E-state index in [0.717, 1.165) is 0 Å². The van der Waals surface area contributed by atoms with Gasteiger partial charge in [-0.25, -0.2) is 4.98 Å². The lowest BCUT2D eigenvalue weighted by molar-refractivity contribution is -0.114. The fraction of sp³-hybridized carbons (Fsp3) is 0.333. The fourth-order valence-corrected chi connectivity index (χ4v) is 1.33. The van der Waals surface area contributed by atoms with E-state index in [1.54, 1.807) is 13.8 Å². The predicted molar refractivity (Wildman–Crippen MR) is 57.4 cm³/mol. The number of hydrogen-bond acceptors (Lipinski definition) is 4. The van der Waals surface area contributed by atoms with Crippen LogP contribution in [-0.4, -0.2) is 25.5 Å². The van der Waals surface area contributed by atoms with Crippen molar-refractivity contribution in [3.63, 3.8) is 0 Å². The van der Waals surface area contributed by atoms with Gasteiger partial charge in [0.2, 0.25) is 11.9 Å². The normalized spacial score (nSPS) is 10.7. The van der Waals surface area contributed by atoms with Crippen LogP contribution in [0.1, 0.15) is 18.2 Å². The third kappa shape index (κ3) is 1.56. The van der Waals surface area contributed by atoms with Crippen molar-refractivity contribution in [2.75, 3.05) is 5.32 Å². The minimum absolute atomic E-state index is 0.210. The summed E-state index contributed by atoms with van der Waals surface area (Å²) in [6.07, 6.45) is 0. The monoisotopic (exact) mass is 221 g/mol. The molecule has 84 valence electrons. The van der Waals surface area contributed by atoms with E-state index in [1.165, 1.54) is 11.4 Å². The second-order valence-electron chi connectivity index (χ2n) is 3.52. The van der Waals surface area contributed by atoms with Gasteiger partial charge in [-0.1, -0.05) is 0 Å². The van der Waals surface area contributed by atoms with E-state index in [4.69, 9.17) is 0 Å². The summed E-state index contributed by atoms with van der Waals surface area (Å²) in [7, 11) is 0. The molecule has 2 aromatic heterocycles. The van der Waals surface area contributed by atoms with Crippen molar-refractivity contribution in [2.24, 2.45) is 0 Å². The van der Waals surface area contributed by atoms with Crippen LogP contribution in [0.4, 0.5) is 5.95 Å². The highest BCUT2D eigenvalue weighted by molar-refractivity contribution is 5.86. The summed E-state index contributed by atoms with van der Waals surface area (Å²) in [6.45, 7) is 4.79. The van der Waals surface area contributed by atoms with Crippen molar-refractivity contribution in [3.05, 3.63) is 21.6 Å². The zero-order chi connectivity index (χ0) is 11.9. The molecule has 16 heavy (non-hydrogen) atoms. The maximum absolute atomic E-state index is 11.8. The van der Waals surface area contributed by atoms with Crippen molar-refractivity contribution in [1.29, 1.82) is 0 Å². The number of nitrogens with zero attached hydrogens (tertiary/aromatic N) is 3. The van der Waals surface area contributed by atoms with Gasteiger partial charge in [0.1, 0.15) is 0 Å². The number of amides is 1. The Balaban J connectivity index is 2.67. The molecule has 0 aliphatic carbocycles. The van der Waals surface area contributed by atoms with Crippen LogP contribution < -0.4 is 10.9 Å². The number of fused-ring (bicyclic) bond motifs is 1. The second-order valence-corrected chi connectivity index (χ2v) is 3.52. The SMILES string of the molecule is CC(=O)Nc1nc2nc(C)c(C)c(=O)n2[nH]1. The van der Waals surface area contributed by atoms with Gasteiger partial charge in [-0.2, -0.15) is 9.50 Å². The summed E-state index contributed by atoms with van der Waals surface area (Å²) in [5, 5.41) is 5.12. The van der Waals surface area contributed by atoms with Gasteiger partial charge in [0, 0.05) is 18.2 Å². The molecule has 7 nitrogen and oxygen atoms in total. The van der Waals surface area contributed by atoms with Gasteiger partial charge < -0.3 is 0 Å². The molecule has 0 aromatic carbocycles. The van der Waals surface area contributed by atoms with E-state index >= 15 is 0 Å². The third-order valence-electron chi connectivity index (χ3n) is 2.26. The summed E-state index contributed by atoms with van der Waals surface area (Å²) in [5.74, 6) is 0.194. The Morgan fingerprint density at radius 2 is 2.06 bits per heavy atom. The second kappa shape index (κ2) is 3.44. The van der Waals surface area contributed by atoms with E-state index in [0.29, 0.717) is 11.3 Å². The van der Waals surface area contributed by atoms with Crippen LogP contribution in [0.3, 0.4) is 0 Å². The maximum Gasteiger partial charge on any atom is 0.277 e. The standard InChI is InChI=1S/C9H11N5O2/c1-4-5(2)10-9-12-8(11-6(3)15)13-14(9)7(4)16/h1-3H3,(H2,10,11,12,13,15). The average molecular weight is 221 g/mol. The van der Waals surface area contributed by atoms with E-state index < -0.39 is 0 Å². The molecule has 0 spiro atoms. The topological polar surface area (TPSA) is 92.2 Å². The molecule has 0 bridgehead atoms. The Kier molecular flexibility index (Phi) is 2.22. The lowest BCUT2D eigenvalue weighted by Crippen LogP contribution is -2.19. The fourth-order valence-electron chi connectivity index (χ4n) is 1.33. The Labute approximate surface area is 90.5 Å². The number of aromatic nitrogens is 4. The first-order chi connectivity index (χ1) is 7.49. The van der Waals surface area contributed by atoms with E-state index in [2.05, 4.69) is 20.4 Å². The summed E-state index contributed by atoms with van der Waals surface area (Å²) < 4.78 is 1.20. The minimum Gasteiger partial charge on any atom is -0.295 e. The van der Waals surface area contributed by atoms with Crippen LogP contribution in [0.15, 0.2) is 4.79 Å². The molecular weight excluding hydrogens is 210 g/mol. The van der Waals surface area contributed by atoms with Crippen LogP contribution in [0.25, 0.3) is 5.78 Å². The van der Waals surface area contributed by atoms with E-state index in [1.807, 2.05) is 0 Å². The summed E-state index contributed by atoms with van der Waals surface area (Å²) in [5.41, 5.74) is 0.966. The number of anilines is 1. The molecule has 0 fully saturated rings. The van der Waals surface area contributed by atoms with Crippen LogP contribution in [0.2, 0.25) is 0 Å². The van der Waals surface area contributed by atoms with Crippen LogP contribution in [0, 0.1) is 13.8 Å². The van der Waals surface area contributed by atoms with Crippen molar-refractivity contribution in [1.82, 2.24) is 19.6 Å². The molecule has 7 heteroatoms. The van der Waals surface area contributed by atoms with Crippen LogP contribution >= 0.6 is 0 Å². The average Bonchev–Trinajstić information content (AvgIpc) is 2.56. The van der Waals surface area contributed by atoms with Crippen molar-refractivity contribution in [2.45, 2.75) is 20.8 Å². The number of carbonyl (C=O) groups excluding carboxylic acids is 1. The van der Waals surface area contributed by atoms with Gasteiger partial charge in [-0.3, -0.25) is 20.0 Å². The number of H-pyrrole nitrogens is 1.